The molecule has 7 heteroatoms. The number of likely N-dealkylation sites (N-methyl/N-ethyl adjacent to an activating group) is 1. The van der Waals surface area contributed by atoms with Crippen molar-refractivity contribution in [2.24, 2.45) is 0 Å². The lowest BCUT2D eigenvalue weighted by Crippen LogP contribution is -2.29. The number of nitrogens with zero attached hydrogens (tertiary/aromatic N) is 2. The van der Waals surface area contributed by atoms with Gasteiger partial charge in [-0.3, -0.25) is 10.1 Å². The summed E-state index contributed by atoms with van der Waals surface area (Å²) in [4.78, 5) is 23.5. The molecular weight excluding hydrogens is 274 g/mol. The SMILES string of the molecule is CCCN(CC)CCNc1ccc(C(=O)O)cc1[N+](=O)[O-]. The molecule has 0 atom stereocenters. The number of hydrogen-bond acceptors (Lipinski definition) is 5. The van der Waals surface area contributed by atoms with E-state index in [2.05, 4.69) is 24.1 Å². The van der Waals surface area contributed by atoms with Crippen LogP contribution in [-0.2, 0) is 0 Å². The van der Waals surface area contributed by atoms with Gasteiger partial charge in [0.25, 0.3) is 5.69 Å². The van der Waals surface area contributed by atoms with Crippen LogP contribution < -0.4 is 5.32 Å². The molecule has 0 radical (unpaired) electrons. The number of anilines is 1. The molecule has 0 fully saturated rings. The van der Waals surface area contributed by atoms with Crippen molar-refractivity contribution in [3.8, 4) is 0 Å². The molecule has 0 amide bonds. The van der Waals surface area contributed by atoms with Crippen LogP contribution in [0.5, 0.6) is 0 Å². The Kier molecular flexibility index (Phi) is 6.61. The van der Waals surface area contributed by atoms with Crippen molar-refractivity contribution < 1.29 is 14.8 Å². The fraction of sp³-hybridized carbons (Fsp3) is 0.500. The van der Waals surface area contributed by atoms with Crippen LogP contribution in [0.2, 0.25) is 0 Å². The third kappa shape index (κ3) is 5.03. The predicted octanol–water partition coefficient (Wildman–Crippen LogP) is 2.44. The maximum absolute atomic E-state index is 11.0. The van der Waals surface area contributed by atoms with Crippen LogP contribution in [0.25, 0.3) is 0 Å². The molecule has 1 aromatic rings. The van der Waals surface area contributed by atoms with E-state index < -0.39 is 10.9 Å². The average molecular weight is 295 g/mol. The lowest BCUT2D eigenvalue weighted by molar-refractivity contribution is -0.384. The Labute approximate surface area is 123 Å². The van der Waals surface area contributed by atoms with Gasteiger partial charge in [-0.1, -0.05) is 13.8 Å². The average Bonchev–Trinajstić information content (AvgIpc) is 2.46. The van der Waals surface area contributed by atoms with Gasteiger partial charge in [-0.15, -0.1) is 0 Å². The minimum atomic E-state index is -1.18. The zero-order chi connectivity index (χ0) is 15.8. The maximum atomic E-state index is 11.0. The Morgan fingerprint density at radius 3 is 2.62 bits per heavy atom. The number of carbonyl (C=O) groups is 1. The van der Waals surface area contributed by atoms with Gasteiger partial charge >= 0.3 is 5.97 Å². The number of rotatable bonds is 9. The van der Waals surface area contributed by atoms with Gasteiger partial charge in [0.05, 0.1) is 10.5 Å². The summed E-state index contributed by atoms with van der Waals surface area (Å²) in [5, 5.41) is 22.9. The van der Waals surface area contributed by atoms with Gasteiger partial charge in [0.15, 0.2) is 0 Å². The second kappa shape index (κ2) is 8.21. The monoisotopic (exact) mass is 295 g/mol. The van der Waals surface area contributed by atoms with Crippen molar-refractivity contribution in [3.05, 3.63) is 33.9 Å². The van der Waals surface area contributed by atoms with Crippen LogP contribution in [0.4, 0.5) is 11.4 Å². The molecular formula is C14H21N3O4. The zero-order valence-electron chi connectivity index (χ0n) is 12.3. The highest BCUT2D eigenvalue weighted by Crippen LogP contribution is 2.25. The van der Waals surface area contributed by atoms with E-state index in [4.69, 9.17) is 5.11 Å². The summed E-state index contributed by atoms with van der Waals surface area (Å²) in [5.74, 6) is -1.18. The lowest BCUT2D eigenvalue weighted by atomic mass is 10.1. The molecule has 21 heavy (non-hydrogen) atoms. The van der Waals surface area contributed by atoms with Crippen LogP contribution in [-0.4, -0.2) is 47.1 Å². The lowest BCUT2D eigenvalue weighted by Gasteiger charge is -2.19. The quantitative estimate of drug-likeness (QED) is 0.536. The topological polar surface area (TPSA) is 95.7 Å². The summed E-state index contributed by atoms with van der Waals surface area (Å²) in [6.07, 6.45) is 1.06. The van der Waals surface area contributed by atoms with Crippen molar-refractivity contribution in [2.75, 3.05) is 31.5 Å². The van der Waals surface area contributed by atoms with Gasteiger partial charge in [-0.2, -0.15) is 0 Å². The van der Waals surface area contributed by atoms with E-state index in [-0.39, 0.29) is 11.3 Å². The normalized spacial score (nSPS) is 10.6. The number of hydrogen-bond donors (Lipinski definition) is 2. The number of carboxylic acids is 1. The van der Waals surface area contributed by atoms with E-state index in [9.17, 15) is 14.9 Å². The van der Waals surface area contributed by atoms with Crippen LogP contribution in [0.15, 0.2) is 18.2 Å². The molecule has 116 valence electrons. The summed E-state index contributed by atoms with van der Waals surface area (Å²) in [6, 6.07) is 3.88. The van der Waals surface area contributed by atoms with Crippen molar-refractivity contribution in [3.63, 3.8) is 0 Å². The van der Waals surface area contributed by atoms with Crippen molar-refractivity contribution in [2.45, 2.75) is 20.3 Å². The fourth-order valence-corrected chi connectivity index (χ4v) is 2.06. The first-order valence-electron chi connectivity index (χ1n) is 6.97. The smallest absolute Gasteiger partial charge is 0.335 e. The molecule has 0 aliphatic heterocycles. The van der Waals surface area contributed by atoms with Crippen molar-refractivity contribution in [1.29, 1.82) is 0 Å². The zero-order valence-corrected chi connectivity index (χ0v) is 12.3. The van der Waals surface area contributed by atoms with Crippen LogP contribution in [0.1, 0.15) is 30.6 Å². The van der Waals surface area contributed by atoms with Crippen LogP contribution in [0.3, 0.4) is 0 Å². The molecule has 0 spiro atoms. The standard InChI is InChI=1S/C14H21N3O4/c1-3-8-16(4-2)9-7-15-12-6-5-11(14(18)19)10-13(12)17(20)21/h5-6,10,15H,3-4,7-9H2,1-2H3,(H,18,19). The molecule has 0 saturated carbocycles. The number of carboxylic acid groups (broad SMARTS) is 1. The Morgan fingerprint density at radius 1 is 1.38 bits per heavy atom. The molecule has 0 heterocycles. The summed E-state index contributed by atoms with van der Waals surface area (Å²) in [6.45, 7) is 7.43. The van der Waals surface area contributed by atoms with Crippen molar-refractivity contribution in [1.82, 2.24) is 4.90 Å². The van der Waals surface area contributed by atoms with E-state index in [0.29, 0.717) is 12.2 Å². The Morgan fingerprint density at radius 2 is 2.10 bits per heavy atom. The van der Waals surface area contributed by atoms with E-state index in [1.54, 1.807) is 0 Å². The summed E-state index contributed by atoms with van der Waals surface area (Å²) >= 11 is 0. The highest BCUT2D eigenvalue weighted by Gasteiger charge is 2.17. The molecule has 0 aromatic heterocycles. The summed E-state index contributed by atoms with van der Waals surface area (Å²) < 4.78 is 0. The number of nitro groups is 1. The highest BCUT2D eigenvalue weighted by molar-refractivity contribution is 5.89. The number of aromatic carboxylic acids is 1. The van der Waals surface area contributed by atoms with Gasteiger partial charge in [-0.05, 0) is 31.6 Å². The maximum Gasteiger partial charge on any atom is 0.335 e. The van der Waals surface area contributed by atoms with E-state index in [1.165, 1.54) is 12.1 Å². The first kappa shape index (κ1) is 16.9. The molecule has 1 rings (SSSR count). The third-order valence-electron chi connectivity index (χ3n) is 3.17. The van der Waals surface area contributed by atoms with Gasteiger partial charge in [-0.25, -0.2) is 4.79 Å². The first-order valence-corrected chi connectivity index (χ1v) is 6.97. The first-order chi connectivity index (χ1) is 9.99. The molecule has 0 aliphatic carbocycles. The molecule has 0 bridgehead atoms. The predicted molar refractivity (Wildman–Crippen MR) is 81.0 cm³/mol. The molecule has 0 saturated heterocycles. The Balaban J connectivity index is 2.74. The van der Waals surface area contributed by atoms with Gasteiger partial charge in [0.2, 0.25) is 0 Å². The van der Waals surface area contributed by atoms with E-state index >= 15 is 0 Å². The highest BCUT2D eigenvalue weighted by atomic mass is 16.6. The Bertz CT molecular complexity index is 505. The molecule has 1 aromatic carbocycles. The third-order valence-corrected chi connectivity index (χ3v) is 3.17. The molecule has 0 unspecified atom stereocenters. The van der Waals surface area contributed by atoms with E-state index in [1.807, 2.05) is 0 Å². The van der Waals surface area contributed by atoms with Crippen LogP contribution >= 0.6 is 0 Å². The van der Waals surface area contributed by atoms with Gasteiger partial charge in [0, 0.05) is 19.2 Å². The van der Waals surface area contributed by atoms with Crippen molar-refractivity contribution >= 4 is 17.3 Å². The number of nitrogens with one attached hydrogen (secondary N) is 1. The Hall–Kier alpha value is -2.15. The minimum absolute atomic E-state index is 0.0894. The molecule has 2 N–H and O–H groups in total. The summed E-state index contributed by atoms with van der Waals surface area (Å²) in [7, 11) is 0. The van der Waals surface area contributed by atoms with Gasteiger partial charge < -0.3 is 15.3 Å². The van der Waals surface area contributed by atoms with Crippen LogP contribution in [0, 0.1) is 10.1 Å². The molecule has 0 aliphatic rings. The second-order valence-corrected chi connectivity index (χ2v) is 4.66. The minimum Gasteiger partial charge on any atom is -0.478 e. The molecule has 7 nitrogen and oxygen atoms in total. The second-order valence-electron chi connectivity index (χ2n) is 4.66. The fourth-order valence-electron chi connectivity index (χ4n) is 2.06. The number of benzene rings is 1. The van der Waals surface area contributed by atoms with E-state index in [0.717, 1.165) is 32.1 Å². The largest absolute Gasteiger partial charge is 0.478 e. The van der Waals surface area contributed by atoms with Gasteiger partial charge in [0.1, 0.15) is 5.69 Å². The summed E-state index contributed by atoms with van der Waals surface area (Å²) in [5.41, 5.74) is 0.0411. The number of nitro benzene ring substituents is 1.